The molecule has 1 aromatic rings. The molecule has 1 aromatic carbocycles. The van der Waals surface area contributed by atoms with E-state index in [1.807, 2.05) is 0 Å². The topological polar surface area (TPSA) is 49.6 Å². The number of nitrogen functional groups attached to an aromatic ring is 1. The third-order valence-electron chi connectivity index (χ3n) is 2.50. The Kier molecular flexibility index (Phi) is 4.47. The van der Waals surface area contributed by atoms with Crippen LogP contribution in [-0.2, 0) is 0 Å². The van der Waals surface area contributed by atoms with Crippen molar-refractivity contribution in [3.05, 3.63) is 23.8 Å². The van der Waals surface area contributed by atoms with Gasteiger partial charge in [0.05, 0.1) is 17.9 Å². The van der Waals surface area contributed by atoms with Gasteiger partial charge in [-0.05, 0) is 18.2 Å². The summed E-state index contributed by atoms with van der Waals surface area (Å²) >= 11 is 0. The lowest BCUT2D eigenvalue weighted by atomic mass is 10.1. The maximum Gasteiger partial charge on any atom is 0.255 e. The van der Waals surface area contributed by atoms with E-state index in [4.69, 9.17) is 5.73 Å². The van der Waals surface area contributed by atoms with Gasteiger partial charge in [-0.2, -0.15) is 0 Å². The van der Waals surface area contributed by atoms with Crippen LogP contribution in [0.3, 0.4) is 0 Å². The largest absolute Gasteiger partial charge is 0.397 e. The predicted molar refractivity (Wildman–Crippen MR) is 68.1 cm³/mol. The highest BCUT2D eigenvalue weighted by molar-refractivity contribution is 5.95. The molecule has 0 atom stereocenters. The molecule has 0 spiro atoms. The minimum atomic E-state index is -2.43. The van der Waals surface area contributed by atoms with Gasteiger partial charge in [-0.15, -0.1) is 0 Å². The zero-order chi connectivity index (χ0) is 13.9. The Hall–Kier alpha value is -1.85. The summed E-state index contributed by atoms with van der Waals surface area (Å²) in [7, 11) is 4.80. The van der Waals surface area contributed by atoms with Crippen molar-refractivity contribution in [2.75, 3.05) is 38.3 Å². The molecule has 0 aromatic heterocycles. The van der Waals surface area contributed by atoms with Crippen LogP contribution in [0.4, 0.5) is 20.2 Å². The average molecular weight is 257 g/mol. The van der Waals surface area contributed by atoms with Crippen LogP contribution >= 0.6 is 0 Å². The molecule has 100 valence electrons. The molecule has 0 bridgehead atoms. The second-order valence-corrected chi connectivity index (χ2v) is 4.24. The zero-order valence-electron chi connectivity index (χ0n) is 10.7. The van der Waals surface area contributed by atoms with Crippen molar-refractivity contribution in [1.29, 1.82) is 0 Å². The first-order valence-corrected chi connectivity index (χ1v) is 5.43. The van der Waals surface area contributed by atoms with E-state index in [-0.39, 0.29) is 5.91 Å². The van der Waals surface area contributed by atoms with Gasteiger partial charge in [0, 0.05) is 26.7 Å². The van der Waals surface area contributed by atoms with E-state index in [2.05, 4.69) is 0 Å². The van der Waals surface area contributed by atoms with Gasteiger partial charge in [0.15, 0.2) is 0 Å². The fraction of sp³-hybridized carbons (Fsp3) is 0.417. The zero-order valence-corrected chi connectivity index (χ0v) is 10.7. The number of nitrogens with two attached hydrogens (primary N) is 1. The quantitative estimate of drug-likeness (QED) is 0.835. The van der Waals surface area contributed by atoms with Gasteiger partial charge in [-0.3, -0.25) is 4.79 Å². The molecular formula is C12H17F2N3O. The molecule has 1 amide bonds. The third-order valence-corrected chi connectivity index (χ3v) is 2.50. The molecule has 1 rings (SSSR count). The summed E-state index contributed by atoms with van der Waals surface area (Å²) in [4.78, 5) is 14.5. The summed E-state index contributed by atoms with van der Waals surface area (Å²) in [6.07, 6.45) is -2.43. The number of anilines is 2. The first kappa shape index (κ1) is 14.2. The third kappa shape index (κ3) is 3.32. The summed E-state index contributed by atoms with van der Waals surface area (Å²) in [5, 5.41) is 0. The number of nitrogens with zero attached hydrogens (tertiary/aromatic N) is 2. The van der Waals surface area contributed by atoms with Crippen LogP contribution in [0.5, 0.6) is 0 Å². The van der Waals surface area contributed by atoms with Gasteiger partial charge < -0.3 is 15.5 Å². The van der Waals surface area contributed by atoms with Crippen LogP contribution < -0.4 is 10.6 Å². The number of carbonyl (C=O) groups excluding carboxylic acids is 1. The number of benzene rings is 1. The van der Waals surface area contributed by atoms with E-state index in [0.29, 0.717) is 16.9 Å². The van der Waals surface area contributed by atoms with Crippen molar-refractivity contribution in [2.45, 2.75) is 6.43 Å². The molecule has 4 nitrogen and oxygen atoms in total. The molecule has 18 heavy (non-hydrogen) atoms. The van der Waals surface area contributed by atoms with Gasteiger partial charge in [0.25, 0.3) is 12.3 Å². The van der Waals surface area contributed by atoms with Crippen molar-refractivity contribution in [1.82, 2.24) is 4.90 Å². The molecule has 0 radical (unpaired) electrons. The summed E-state index contributed by atoms with van der Waals surface area (Å²) in [5.74, 6) is -0.176. The molecule has 0 saturated heterocycles. The Labute approximate surface area is 105 Å². The number of halogens is 2. The summed E-state index contributed by atoms with van der Waals surface area (Å²) in [5.41, 5.74) is 7.02. The number of carbonyl (C=O) groups is 1. The second kappa shape index (κ2) is 5.66. The maximum absolute atomic E-state index is 12.3. The van der Waals surface area contributed by atoms with Crippen molar-refractivity contribution < 1.29 is 13.6 Å². The molecule has 0 aliphatic carbocycles. The van der Waals surface area contributed by atoms with Crippen LogP contribution in [0.1, 0.15) is 10.4 Å². The number of rotatable bonds is 4. The number of alkyl halides is 2. The van der Waals surface area contributed by atoms with Gasteiger partial charge in [-0.1, -0.05) is 0 Å². The van der Waals surface area contributed by atoms with Crippen LogP contribution in [-0.4, -0.2) is 44.9 Å². The minimum absolute atomic E-state index is 0.176. The van der Waals surface area contributed by atoms with E-state index in [1.54, 1.807) is 26.2 Å². The summed E-state index contributed by atoms with van der Waals surface area (Å²) < 4.78 is 24.5. The van der Waals surface area contributed by atoms with E-state index in [1.165, 1.54) is 22.9 Å². The van der Waals surface area contributed by atoms with Crippen molar-refractivity contribution >= 4 is 17.3 Å². The smallest absolute Gasteiger partial charge is 0.255 e. The van der Waals surface area contributed by atoms with E-state index in [9.17, 15) is 13.6 Å². The Morgan fingerprint density at radius 2 is 1.94 bits per heavy atom. The van der Waals surface area contributed by atoms with Crippen molar-refractivity contribution in [3.8, 4) is 0 Å². The van der Waals surface area contributed by atoms with Crippen LogP contribution in [0.2, 0.25) is 0 Å². The Balaban J connectivity index is 2.96. The average Bonchev–Trinajstić information content (AvgIpc) is 2.26. The molecule has 0 aliphatic rings. The van der Waals surface area contributed by atoms with Crippen molar-refractivity contribution in [3.63, 3.8) is 0 Å². The Morgan fingerprint density at radius 1 is 1.33 bits per heavy atom. The lowest BCUT2D eigenvalue weighted by molar-refractivity contribution is 0.0827. The van der Waals surface area contributed by atoms with Crippen LogP contribution in [0.15, 0.2) is 18.2 Å². The Morgan fingerprint density at radius 3 is 2.39 bits per heavy atom. The highest BCUT2D eigenvalue weighted by Crippen LogP contribution is 2.24. The van der Waals surface area contributed by atoms with Gasteiger partial charge in [0.2, 0.25) is 0 Å². The van der Waals surface area contributed by atoms with Crippen LogP contribution in [0, 0.1) is 0 Å². The summed E-state index contributed by atoms with van der Waals surface area (Å²) in [6, 6.07) is 4.66. The number of hydrogen-bond donors (Lipinski definition) is 1. The fourth-order valence-corrected chi connectivity index (χ4v) is 1.60. The SMILES string of the molecule is CN(C)C(=O)c1ccc(N(C)CC(F)F)c(N)c1. The normalized spacial score (nSPS) is 10.6. The molecule has 0 fully saturated rings. The highest BCUT2D eigenvalue weighted by Gasteiger charge is 2.14. The first-order chi connectivity index (χ1) is 8.32. The lowest BCUT2D eigenvalue weighted by Gasteiger charge is -2.21. The number of hydrogen-bond acceptors (Lipinski definition) is 3. The van der Waals surface area contributed by atoms with Crippen molar-refractivity contribution in [2.24, 2.45) is 0 Å². The molecule has 0 heterocycles. The molecule has 0 aliphatic heterocycles. The minimum Gasteiger partial charge on any atom is -0.397 e. The van der Waals surface area contributed by atoms with E-state index < -0.39 is 13.0 Å². The Bertz CT molecular complexity index is 435. The molecular weight excluding hydrogens is 240 g/mol. The van der Waals surface area contributed by atoms with Crippen LogP contribution in [0.25, 0.3) is 0 Å². The van der Waals surface area contributed by atoms with Gasteiger partial charge >= 0.3 is 0 Å². The monoisotopic (exact) mass is 257 g/mol. The molecule has 6 heteroatoms. The summed E-state index contributed by atoms with van der Waals surface area (Å²) in [6.45, 7) is -0.398. The predicted octanol–water partition coefficient (Wildman–Crippen LogP) is 1.67. The van der Waals surface area contributed by atoms with E-state index >= 15 is 0 Å². The number of amides is 1. The first-order valence-electron chi connectivity index (χ1n) is 5.43. The molecule has 2 N–H and O–H groups in total. The van der Waals surface area contributed by atoms with Gasteiger partial charge in [-0.25, -0.2) is 8.78 Å². The fourth-order valence-electron chi connectivity index (χ4n) is 1.60. The molecule has 0 unspecified atom stereocenters. The van der Waals surface area contributed by atoms with E-state index in [0.717, 1.165) is 0 Å². The van der Waals surface area contributed by atoms with Gasteiger partial charge in [0.1, 0.15) is 0 Å². The lowest BCUT2D eigenvalue weighted by Crippen LogP contribution is -2.25. The highest BCUT2D eigenvalue weighted by atomic mass is 19.3. The maximum atomic E-state index is 12.3. The standard InChI is InChI=1S/C12H17F2N3O/c1-16(2)12(18)8-4-5-10(9(15)6-8)17(3)7-11(13)14/h4-6,11H,7,15H2,1-3H3. The second-order valence-electron chi connectivity index (χ2n) is 4.24. The molecule has 0 saturated carbocycles.